The third-order valence-corrected chi connectivity index (χ3v) is 7.81. The Kier molecular flexibility index (Phi) is 6.53. The average Bonchev–Trinajstić information content (AvgIpc) is 3.39. The van der Waals surface area contributed by atoms with Crippen molar-refractivity contribution in [2.45, 2.75) is 32.4 Å². The molecule has 0 aliphatic carbocycles. The van der Waals surface area contributed by atoms with Crippen LogP contribution in [0.5, 0.6) is 0 Å². The zero-order valence-corrected chi connectivity index (χ0v) is 21.7. The van der Waals surface area contributed by atoms with Crippen molar-refractivity contribution in [2.24, 2.45) is 0 Å². The van der Waals surface area contributed by atoms with E-state index in [0.29, 0.717) is 22.8 Å². The van der Waals surface area contributed by atoms with Crippen molar-refractivity contribution in [2.75, 3.05) is 43.4 Å². The molecule has 3 heterocycles. The molecule has 3 aromatic rings. The van der Waals surface area contributed by atoms with E-state index in [4.69, 9.17) is 11.6 Å². The molecule has 36 heavy (non-hydrogen) atoms. The zero-order valence-electron chi connectivity index (χ0n) is 21.0. The van der Waals surface area contributed by atoms with Crippen LogP contribution in [0.2, 0.25) is 5.02 Å². The van der Waals surface area contributed by atoms with Crippen molar-refractivity contribution >= 4 is 34.8 Å². The summed E-state index contributed by atoms with van der Waals surface area (Å²) < 4.78 is 0. The van der Waals surface area contributed by atoms with Crippen LogP contribution >= 0.6 is 11.6 Å². The van der Waals surface area contributed by atoms with E-state index in [1.165, 1.54) is 0 Å². The number of aromatic amines is 1. The molecule has 0 bridgehead atoms. The maximum absolute atomic E-state index is 13.2. The molecule has 1 fully saturated rings. The van der Waals surface area contributed by atoms with Gasteiger partial charge in [-0.2, -0.15) is 0 Å². The third-order valence-electron chi connectivity index (χ3n) is 7.44. The predicted molar refractivity (Wildman–Crippen MR) is 144 cm³/mol. The number of rotatable bonds is 5. The lowest BCUT2D eigenvalue weighted by atomic mass is 10.00. The number of carbonyl (C=O) groups excluding carboxylic acids is 2. The summed E-state index contributed by atoms with van der Waals surface area (Å²) in [6, 6.07) is 15.2. The molecule has 0 radical (unpaired) electrons. The van der Waals surface area contributed by atoms with Gasteiger partial charge in [0, 0.05) is 59.9 Å². The van der Waals surface area contributed by atoms with Gasteiger partial charge in [-0.15, -0.1) is 0 Å². The quantitative estimate of drug-likeness (QED) is 0.536. The summed E-state index contributed by atoms with van der Waals surface area (Å²) in [5, 5.41) is 3.64. The summed E-state index contributed by atoms with van der Waals surface area (Å²) >= 11 is 6.29. The fourth-order valence-corrected chi connectivity index (χ4v) is 5.35. The maximum Gasteiger partial charge on any atom is 0.255 e. The van der Waals surface area contributed by atoms with Crippen LogP contribution in [0.3, 0.4) is 0 Å². The Morgan fingerprint density at radius 2 is 1.72 bits per heavy atom. The second-order valence-corrected chi connectivity index (χ2v) is 10.6. The molecule has 2 N–H and O–H groups in total. The Morgan fingerprint density at radius 3 is 2.42 bits per heavy atom. The molecule has 0 saturated carbocycles. The zero-order chi connectivity index (χ0) is 25.4. The maximum atomic E-state index is 13.2. The molecular formula is C28H32ClN5O2. The van der Waals surface area contributed by atoms with Gasteiger partial charge >= 0.3 is 0 Å². The van der Waals surface area contributed by atoms with Gasteiger partial charge in [0.2, 0.25) is 5.91 Å². The number of hydrogen-bond acceptors (Lipinski definition) is 4. The Morgan fingerprint density at radius 1 is 1.03 bits per heavy atom. The van der Waals surface area contributed by atoms with Crippen LogP contribution in [0, 0.1) is 0 Å². The van der Waals surface area contributed by atoms with Crippen molar-refractivity contribution in [1.82, 2.24) is 14.8 Å². The Labute approximate surface area is 217 Å². The van der Waals surface area contributed by atoms with E-state index >= 15 is 0 Å². The number of carbonyl (C=O) groups is 2. The van der Waals surface area contributed by atoms with E-state index in [-0.39, 0.29) is 18.2 Å². The lowest BCUT2D eigenvalue weighted by Crippen LogP contribution is -2.44. The van der Waals surface area contributed by atoms with E-state index in [2.05, 4.69) is 27.1 Å². The van der Waals surface area contributed by atoms with Crippen molar-refractivity contribution < 1.29 is 9.59 Å². The highest BCUT2D eigenvalue weighted by Gasteiger charge is 2.42. The van der Waals surface area contributed by atoms with Gasteiger partial charge in [0.05, 0.1) is 24.2 Å². The number of anilines is 2. The number of fused-ring (bicyclic) bond motifs is 1. The molecule has 2 amide bonds. The molecule has 7 nitrogen and oxygen atoms in total. The number of H-pyrrole nitrogens is 1. The van der Waals surface area contributed by atoms with Gasteiger partial charge in [0.1, 0.15) is 0 Å². The van der Waals surface area contributed by atoms with E-state index in [1.54, 1.807) is 6.07 Å². The summed E-state index contributed by atoms with van der Waals surface area (Å²) in [5.41, 5.74) is 4.61. The summed E-state index contributed by atoms with van der Waals surface area (Å²) in [6.07, 6.45) is 2.05. The number of aromatic nitrogens is 1. The lowest BCUT2D eigenvalue weighted by Gasteiger charge is -2.34. The van der Waals surface area contributed by atoms with Crippen LogP contribution in [0.15, 0.2) is 54.7 Å². The Balaban J connectivity index is 1.27. The van der Waals surface area contributed by atoms with E-state index < -0.39 is 5.54 Å². The highest BCUT2D eigenvalue weighted by atomic mass is 35.5. The Bertz CT molecular complexity index is 1280. The number of benzene rings is 2. The molecule has 0 atom stereocenters. The highest BCUT2D eigenvalue weighted by Crippen LogP contribution is 2.42. The standard InChI is InChI=1S/C28H32ClN5O2/c1-28(2)26-22(18-34(28)25(35)16-20-6-4-5-7-23(20)29)24(17-30-26)31-27(36)19-8-10-21(11-9-19)33-14-12-32(3)13-15-33/h4-11,17,30H,12-16,18H2,1-3H3,(H,31,36). The minimum Gasteiger partial charge on any atom is -0.369 e. The largest absolute Gasteiger partial charge is 0.369 e. The molecule has 1 saturated heterocycles. The number of halogens is 1. The van der Waals surface area contributed by atoms with E-state index in [0.717, 1.165) is 48.7 Å². The van der Waals surface area contributed by atoms with Crippen molar-refractivity contribution in [3.63, 3.8) is 0 Å². The molecule has 2 aliphatic rings. The molecule has 8 heteroatoms. The van der Waals surface area contributed by atoms with Crippen LogP contribution in [0.4, 0.5) is 11.4 Å². The van der Waals surface area contributed by atoms with Gasteiger partial charge in [-0.05, 0) is 56.8 Å². The van der Waals surface area contributed by atoms with Crippen molar-refractivity contribution in [1.29, 1.82) is 0 Å². The molecule has 0 spiro atoms. The summed E-state index contributed by atoms with van der Waals surface area (Å²) in [4.78, 5) is 36.1. The highest BCUT2D eigenvalue weighted by molar-refractivity contribution is 6.31. The first-order chi connectivity index (χ1) is 17.2. The number of nitrogens with zero attached hydrogens (tertiary/aromatic N) is 3. The Hall–Kier alpha value is -3.29. The van der Waals surface area contributed by atoms with Gasteiger partial charge in [-0.1, -0.05) is 29.8 Å². The normalized spacial score (nSPS) is 17.2. The minimum absolute atomic E-state index is 0.00512. The predicted octanol–water partition coefficient (Wildman–Crippen LogP) is 4.49. The summed E-state index contributed by atoms with van der Waals surface area (Å²) in [7, 11) is 2.14. The van der Waals surface area contributed by atoms with Crippen LogP contribution in [0.25, 0.3) is 0 Å². The molecule has 0 unspecified atom stereocenters. The lowest BCUT2D eigenvalue weighted by molar-refractivity contribution is -0.135. The van der Waals surface area contributed by atoms with Crippen molar-refractivity contribution in [3.8, 4) is 0 Å². The minimum atomic E-state index is -0.527. The molecular weight excluding hydrogens is 474 g/mol. The van der Waals surface area contributed by atoms with Gasteiger partial charge in [0.15, 0.2) is 0 Å². The molecule has 1 aromatic heterocycles. The number of likely N-dealkylation sites (N-methyl/N-ethyl adjacent to an activating group) is 1. The van der Waals surface area contributed by atoms with Crippen LogP contribution in [0.1, 0.15) is 41.0 Å². The summed E-state index contributed by atoms with van der Waals surface area (Å²) in [5.74, 6) is -0.171. The first-order valence-electron chi connectivity index (χ1n) is 12.3. The van der Waals surface area contributed by atoms with Crippen molar-refractivity contribution in [3.05, 3.63) is 82.1 Å². The van der Waals surface area contributed by atoms with E-state index in [9.17, 15) is 9.59 Å². The first kappa shape index (κ1) is 24.4. The second kappa shape index (κ2) is 9.64. The average molecular weight is 506 g/mol. The second-order valence-electron chi connectivity index (χ2n) is 10.2. The SMILES string of the molecule is CN1CCN(c2ccc(C(=O)Nc3c[nH]c4c3CN(C(=O)Cc3ccccc3Cl)C4(C)C)cc2)CC1. The number of amides is 2. The molecule has 2 aliphatic heterocycles. The molecule has 2 aromatic carbocycles. The van der Waals surface area contributed by atoms with Gasteiger partial charge in [-0.25, -0.2) is 0 Å². The smallest absolute Gasteiger partial charge is 0.255 e. The van der Waals surface area contributed by atoms with Crippen LogP contribution < -0.4 is 10.2 Å². The molecule has 5 rings (SSSR count). The van der Waals surface area contributed by atoms with Gasteiger partial charge < -0.3 is 25.0 Å². The first-order valence-corrected chi connectivity index (χ1v) is 12.7. The fourth-order valence-electron chi connectivity index (χ4n) is 5.15. The number of piperazine rings is 1. The molecule has 188 valence electrons. The summed E-state index contributed by atoms with van der Waals surface area (Å²) in [6.45, 7) is 8.50. The third kappa shape index (κ3) is 4.61. The van der Waals surface area contributed by atoms with Gasteiger partial charge in [-0.3, -0.25) is 9.59 Å². The van der Waals surface area contributed by atoms with Gasteiger partial charge in [0.25, 0.3) is 5.91 Å². The monoisotopic (exact) mass is 505 g/mol. The number of nitrogens with one attached hydrogen (secondary N) is 2. The van der Waals surface area contributed by atoms with Crippen LogP contribution in [-0.4, -0.2) is 59.8 Å². The fraction of sp³-hybridized carbons (Fsp3) is 0.357. The van der Waals surface area contributed by atoms with E-state index in [1.807, 2.05) is 67.4 Å². The van der Waals surface area contributed by atoms with Crippen LogP contribution in [-0.2, 0) is 23.3 Å². The topological polar surface area (TPSA) is 71.7 Å². The number of hydrogen-bond donors (Lipinski definition) is 2.